The summed E-state index contributed by atoms with van der Waals surface area (Å²) >= 11 is 1.29. The highest BCUT2D eigenvalue weighted by Crippen LogP contribution is 2.29. The van der Waals surface area contributed by atoms with Crippen molar-refractivity contribution in [3.05, 3.63) is 57.0 Å². The standard InChI is InChI=1S/C12H7F5OS/c13-8-7(6(18)3-5-1-2-19-4-5)9(14)11(16)12(17)10(8)15/h1-2,4,6,18H,3H2. The predicted molar refractivity (Wildman–Crippen MR) is 59.2 cm³/mol. The van der Waals surface area contributed by atoms with Crippen LogP contribution in [0.25, 0.3) is 0 Å². The van der Waals surface area contributed by atoms with Crippen molar-refractivity contribution in [2.45, 2.75) is 12.5 Å². The summed E-state index contributed by atoms with van der Waals surface area (Å²) in [5.74, 6) is -10.4. The molecule has 1 aromatic carbocycles. The molecule has 1 atom stereocenters. The summed E-state index contributed by atoms with van der Waals surface area (Å²) in [6, 6.07) is 1.58. The molecule has 1 nitrogen and oxygen atoms in total. The predicted octanol–water partition coefficient (Wildman–Crippen LogP) is 3.72. The fourth-order valence-electron chi connectivity index (χ4n) is 1.65. The molecule has 1 unspecified atom stereocenters. The Bertz CT molecular complexity index is 568. The molecule has 1 aromatic heterocycles. The number of thiophene rings is 1. The van der Waals surface area contributed by atoms with Crippen LogP contribution in [-0.4, -0.2) is 5.11 Å². The fraction of sp³-hybridized carbons (Fsp3) is 0.167. The van der Waals surface area contributed by atoms with Crippen molar-refractivity contribution in [2.75, 3.05) is 0 Å². The maximum Gasteiger partial charge on any atom is 0.200 e. The SMILES string of the molecule is OC(Cc1ccsc1)c1c(F)c(F)c(F)c(F)c1F. The highest BCUT2D eigenvalue weighted by Gasteiger charge is 2.29. The molecular formula is C12H7F5OS. The number of aliphatic hydroxyl groups is 1. The minimum absolute atomic E-state index is 0.234. The van der Waals surface area contributed by atoms with Crippen molar-refractivity contribution in [3.8, 4) is 0 Å². The van der Waals surface area contributed by atoms with Crippen LogP contribution in [0, 0.1) is 29.1 Å². The molecule has 1 N–H and O–H groups in total. The molecule has 102 valence electrons. The second-order valence-corrected chi connectivity index (χ2v) is 4.62. The topological polar surface area (TPSA) is 20.2 Å². The maximum absolute atomic E-state index is 13.4. The quantitative estimate of drug-likeness (QED) is 0.519. The van der Waals surface area contributed by atoms with Crippen LogP contribution in [0.3, 0.4) is 0 Å². The Kier molecular flexibility index (Phi) is 3.86. The lowest BCUT2D eigenvalue weighted by molar-refractivity contribution is 0.164. The molecule has 0 fully saturated rings. The second kappa shape index (κ2) is 5.26. The van der Waals surface area contributed by atoms with Crippen molar-refractivity contribution < 1.29 is 27.1 Å². The van der Waals surface area contributed by atoms with E-state index in [2.05, 4.69) is 0 Å². The van der Waals surface area contributed by atoms with E-state index in [1.54, 1.807) is 16.8 Å². The number of aliphatic hydroxyl groups excluding tert-OH is 1. The maximum atomic E-state index is 13.4. The van der Waals surface area contributed by atoms with Crippen LogP contribution in [-0.2, 0) is 6.42 Å². The third kappa shape index (κ3) is 2.48. The van der Waals surface area contributed by atoms with Crippen molar-refractivity contribution in [1.29, 1.82) is 0 Å². The first-order valence-corrected chi connectivity index (χ1v) is 6.08. The number of benzene rings is 1. The van der Waals surface area contributed by atoms with E-state index in [-0.39, 0.29) is 6.42 Å². The van der Waals surface area contributed by atoms with E-state index in [9.17, 15) is 27.1 Å². The number of hydrogen-bond acceptors (Lipinski definition) is 2. The van der Waals surface area contributed by atoms with Crippen LogP contribution in [0.4, 0.5) is 22.0 Å². The minimum atomic E-state index is -2.23. The largest absolute Gasteiger partial charge is 0.388 e. The first-order valence-electron chi connectivity index (χ1n) is 5.14. The van der Waals surface area contributed by atoms with Gasteiger partial charge in [0.15, 0.2) is 23.3 Å². The van der Waals surface area contributed by atoms with Crippen molar-refractivity contribution in [1.82, 2.24) is 0 Å². The summed E-state index contributed by atoms with van der Waals surface area (Å²) < 4.78 is 65.6. The number of rotatable bonds is 3. The smallest absolute Gasteiger partial charge is 0.200 e. The van der Waals surface area contributed by atoms with E-state index in [0.29, 0.717) is 5.56 Å². The third-order valence-electron chi connectivity index (χ3n) is 2.59. The molecule has 2 rings (SSSR count). The summed E-state index contributed by atoms with van der Waals surface area (Å²) in [6.45, 7) is 0. The van der Waals surface area contributed by atoms with E-state index in [0.717, 1.165) is 0 Å². The molecule has 19 heavy (non-hydrogen) atoms. The molecule has 1 heterocycles. The second-order valence-electron chi connectivity index (χ2n) is 3.84. The van der Waals surface area contributed by atoms with Crippen LogP contribution < -0.4 is 0 Å². The van der Waals surface area contributed by atoms with E-state index >= 15 is 0 Å². The highest BCUT2D eigenvalue weighted by molar-refractivity contribution is 7.07. The Morgan fingerprint density at radius 1 is 0.947 bits per heavy atom. The summed E-state index contributed by atoms with van der Waals surface area (Å²) in [5, 5.41) is 12.9. The molecule has 0 saturated carbocycles. The Labute approximate surface area is 108 Å². The third-order valence-corrected chi connectivity index (χ3v) is 3.32. The van der Waals surface area contributed by atoms with E-state index in [1.165, 1.54) is 11.3 Å². The van der Waals surface area contributed by atoms with E-state index in [4.69, 9.17) is 0 Å². The Morgan fingerprint density at radius 2 is 1.47 bits per heavy atom. The first-order chi connectivity index (χ1) is 8.93. The van der Waals surface area contributed by atoms with Crippen LogP contribution in [0.1, 0.15) is 17.2 Å². The zero-order valence-electron chi connectivity index (χ0n) is 9.26. The molecule has 2 aromatic rings. The lowest BCUT2D eigenvalue weighted by Crippen LogP contribution is -2.13. The average Bonchev–Trinajstić information content (AvgIpc) is 2.87. The van der Waals surface area contributed by atoms with Gasteiger partial charge in [0.2, 0.25) is 5.82 Å². The number of halogens is 5. The van der Waals surface area contributed by atoms with E-state index in [1.807, 2.05) is 0 Å². The highest BCUT2D eigenvalue weighted by atomic mass is 32.1. The molecule has 0 amide bonds. The lowest BCUT2D eigenvalue weighted by atomic mass is 10.0. The van der Waals surface area contributed by atoms with Gasteiger partial charge in [-0.25, -0.2) is 22.0 Å². The van der Waals surface area contributed by atoms with Gasteiger partial charge in [0.05, 0.1) is 11.7 Å². The van der Waals surface area contributed by atoms with Crippen LogP contribution in [0.15, 0.2) is 16.8 Å². The average molecular weight is 294 g/mol. The monoisotopic (exact) mass is 294 g/mol. The van der Waals surface area contributed by atoms with E-state index < -0.39 is 40.8 Å². The Balaban J connectivity index is 2.44. The van der Waals surface area contributed by atoms with Gasteiger partial charge >= 0.3 is 0 Å². The Hall–Kier alpha value is -1.47. The van der Waals surface area contributed by atoms with Crippen LogP contribution in [0.2, 0.25) is 0 Å². The zero-order valence-corrected chi connectivity index (χ0v) is 10.1. The Morgan fingerprint density at radius 3 is 1.95 bits per heavy atom. The minimum Gasteiger partial charge on any atom is -0.388 e. The van der Waals surface area contributed by atoms with Gasteiger partial charge in [0.1, 0.15) is 0 Å². The van der Waals surface area contributed by atoms with Gasteiger partial charge in [-0.2, -0.15) is 11.3 Å². The van der Waals surface area contributed by atoms with Gasteiger partial charge < -0.3 is 5.11 Å². The molecular weight excluding hydrogens is 287 g/mol. The molecule has 0 saturated heterocycles. The molecule has 0 aliphatic rings. The van der Waals surface area contributed by atoms with Crippen molar-refractivity contribution >= 4 is 11.3 Å². The molecule has 0 radical (unpaired) electrons. The van der Waals surface area contributed by atoms with Crippen molar-refractivity contribution in [3.63, 3.8) is 0 Å². The first kappa shape index (κ1) is 14.0. The summed E-state index contributed by atoms with van der Waals surface area (Å²) in [7, 11) is 0. The molecule has 0 bridgehead atoms. The lowest BCUT2D eigenvalue weighted by Gasteiger charge is -2.13. The summed E-state index contributed by atoms with van der Waals surface area (Å²) in [5.41, 5.74) is -0.663. The van der Waals surface area contributed by atoms with Gasteiger partial charge in [-0.05, 0) is 22.4 Å². The van der Waals surface area contributed by atoms with Gasteiger partial charge in [0.25, 0.3) is 0 Å². The molecule has 0 aliphatic carbocycles. The van der Waals surface area contributed by atoms with Crippen LogP contribution >= 0.6 is 11.3 Å². The molecule has 0 aliphatic heterocycles. The fourth-order valence-corrected chi connectivity index (χ4v) is 2.33. The molecule has 0 spiro atoms. The van der Waals surface area contributed by atoms with Crippen molar-refractivity contribution in [2.24, 2.45) is 0 Å². The van der Waals surface area contributed by atoms with Gasteiger partial charge in [0, 0.05) is 6.42 Å². The normalized spacial score (nSPS) is 12.7. The number of hydrogen-bond donors (Lipinski definition) is 1. The van der Waals surface area contributed by atoms with Gasteiger partial charge in [-0.15, -0.1) is 0 Å². The molecule has 7 heteroatoms. The van der Waals surface area contributed by atoms with Gasteiger partial charge in [-0.1, -0.05) is 0 Å². The van der Waals surface area contributed by atoms with Gasteiger partial charge in [-0.3, -0.25) is 0 Å². The summed E-state index contributed by atoms with van der Waals surface area (Å²) in [6.07, 6.45) is -2.04. The summed E-state index contributed by atoms with van der Waals surface area (Å²) in [4.78, 5) is 0. The zero-order chi connectivity index (χ0) is 14.2. The van der Waals surface area contributed by atoms with Crippen LogP contribution in [0.5, 0.6) is 0 Å².